The highest BCUT2D eigenvalue weighted by atomic mass is 35.5. The van der Waals surface area contributed by atoms with Gasteiger partial charge in [0.25, 0.3) is 5.91 Å². The van der Waals surface area contributed by atoms with Gasteiger partial charge in [0.2, 0.25) is 0 Å². The molecule has 6 nitrogen and oxygen atoms in total. The van der Waals surface area contributed by atoms with Gasteiger partial charge in [-0.1, -0.05) is 17.7 Å². The molecule has 1 aliphatic heterocycles. The van der Waals surface area contributed by atoms with Gasteiger partial charge in [0.1, 0.15) is 11.9 Å². The van der Waals surface area contributed by atoms with Crippen LogP contribution in [-0.4, -0.2) is 38.3 Å². The standard InChI is InChI=1S/C18H17ClN2O4/c1-24-15-7-5-14(6-8-15)21-11-16(25-18(21)23)10-20-17(22)12-3-2-4-13(19)9-12/h2-9,16H,10-11H2,1H3,(H,20,22). The van der Waals surface area contributed by atoms with E-state index in [1.54, 1.807) is 55.6 Å². The number of hydrogen-bond acceptors (Lipinski definition) is 4. The van der Waals surface area contributed by atoms with Crippen molar-refractivity contribution in [2.45, 2.75) is 6.10 Å². The lowest BCUT2D eigenvalue weighted by atomic mass is 10.2. The van der Waals surface area contributed by atoms with E-state index < -0.39 is 12.2 Å². The van der Waals surface area contributed by atoms with Crippen LogP contribution in [0.2, 0.25) is 5.02 Å². The summed E-state index contributed by atoms with van der Waals surface area (Å²) in [5, 5.41) is 3.25. The summed E-state index contributed by atoms with van der Waals surface area (Å²) in [4.78, 5) is 25.7. The largest absolute Gasteiger partial charge is 0.497 e. The Morgan fingerprint density at radius 2 is 2.08 bits per heavy atom. The number of nitrogens with one attached hydrogen (secondary N) is 1. The Kier molecular flexibility index (Phi) is 5.09. The van der Waals surface area contributed by atoms with Gasteiger partial charge in [0.05, 0.1) is 20.2 Å². The first-order valence-electron chi connectivity index (χ1n) is 7.73. The number of amides is 2. The summed E-state index contributed by atoms with van der Waals surface area (Å²) in [5.74, 6) is 0.447. The van der Waals surface area contributed by atoms with Gasteiger partial charge in [-0.15, -0.1) is 0 Å². The van der Waals surface area contributed by atoms with E-state index in [2.05, 4.69) is 5.32 Å². The molecule has 0 aliphatic carbocycles. The Morgan fingerprint density at radius 1 is 1.32 bits per heavy atom. The number of methoxy groups -OCH3 is 1. The van der Waals surface area contributed by atoms with E-state index in [0.717, 1.165) is 5.69 Å². The van der Waals surface area contributed by atoms with Gasteiger partial charge in [0, 0.05) is 16.3 Å². The number of cyclic esters (lactones) is 1. The molecule has 0 saturated carbocycles. The maximum Gasteiger partial charge on any atom is 0.414 e. The quantitative estimate of drug-likeness (QED) is 0.889. The van der Waals surface area contributed by atoms with Crippen LogP contribution < -0.4 is 15.0 Å². The first kappa shape index (κ1) is 17.1. The van der Waals surface area contributed by atoms with Crippen molar-refractivity contribution < 1.29 is 19.1 Å². The second-order valence-corrected chi connectivity index (χ2v) is 5.97. The highest BCUT2D eigenvalue weighted by Gasteiger charge is 2.32. The van der Waals surface area contributed by atoms with E-state index in [1.165, 1.54) is 4.90 Å². The molecular formula is C18H17ClN2O4. The molecule has 0 radical (unpaired) electrons. The van der Waals surface area contributed by atoms with Crippen LogP contribution in [0.5, 0.6) is 5.75 Å². The summed E-state index contributed by atoms with van der Waals surface area (Å²) >= 11 is 5.88. The van der Waals surface area contributed by atoms with Gasteiger partial charge in [-0.2, -0.15) is 0 Å². The third-order valence-corrected chi connectivity index (χ3v) is 4.07. The fourth-order valence-electron chi connectivity index (χ4n) is 2.54. The molecule has 7 heteroatoms. The zero-order valence-electron chi connectivity index (χ0n) is 13.6. The van der Waals surface area contributed by atoms with Gasteiger partial charge in [-0.25, -0.2) is 4.79 Å². The van der Waals surface area contributed by atoms with Crippen molar-refractivity contribution in [2.24, 2.45) is 0 Å². The molecule has 1 N–H and O–H groups in total. The minimum Gasteiger partial charge on any atom is -0.497 e. The SMILES string of the molecule is COc1ccc(N2CC(CNC(=O)c3cccc(Cl)c3)OC2=O)cc1. The number of rotatable bonds is 5. The summed E-state index contributed by atoms with van der Waals surface area (Å²) in [5.41, 5.74) is 1.18. The molecule has 25 heavy (non-hydrogen) atoms. The number of benzene rings is 2. The molecule has 1 fully saturated rings. The minimum atomic E-state index is -0.438. The number of carbonyl (C=O) groups is 2. The summed E-state index contributed by atoms with van der Waals surface area (Å²) in [6.07, 6.45) is -0.857. The van der Waals surface area contributed by atoms with Crippen molar-refractivity contribution in [2.75, 3.05) is 25.1 Å². The lowest BCUT2D eigenvalue weighted by Gasteiger charge is -2.13. The maximum atomic E-state index is 12.1. The van der Waals surface area contributed by atoms with E-state index in [1.807, 2.05) is 0 Å². The molecule has 2 aromatic rings. The number of ether oxygens (including phenoxy) is 2. The third-order valence-electron chi connectivity index (χ3n) is 3.84. The van der Waals surface area contributed by atoms with Crippen LogP contribution in [0, 0.1) is 0 Å². The second-order valence-electron chi connectivity index (χ2n) is 5.53. The Balaban J connectivity index is 1.58. The number of carbonyl (C=O) groups excluding carboxylic acids is 2. The van der Waals surface area contributed by atoms with E-state index in [-0.39, 0.29) is 12.5 Å². The molecule has 130 valence electrons. The third kappa shape index (κ3) is 4.03. The van der Waals surface area contributed by atoms with E-state index in [4.69, 9.17) is 21.1 Å². The monoisotopic (exact) mass is 360 g/mol. The van der Waals surface area contributed by atoms with Crippen molar-refractivity contribution in [3.63, 3.8) is 0 Å². The van der Waals surface area contributed by atoms with Crippen LogP contribution in [0.4, 0.5) is 10.5 Å². The molecular weight excluding hydrogens is 344 g/mol. The zero-order chi connectivity index (χ0) is 17.8. The summed E-state index contributed by atoms with van der Waals surface area (Å²) in [7, 11) is 1.58. The molecule has 1 heterocycles. The van der Waals surface area contributed by atoms with Gasteiger partial charge in [-0.05, 0) is 42.5 Å². The number of nitrogens with zero attached hydrogens (tertiary/aromatic N) is 1. The molecule has 2 amide bonds. The lowest BCUT2D eigenvalue weighted by molar-refractivity contribution is 0.0916. The molecule has 1 atom stereocenters. The van der Waals surface area contributed by atoms with E-state index in [9.17, 15) is 9.59 Å². The Hall–Kier alpha value is -2.73. The predicted octanol–water partition coefficient (Wildman–Crippen LogP) is 3.10. The fourth-order valence-corrected chi connectivity index (χ4v) is 2.73. The molecule has 1 saturated heterocycles. The first-order chi connectivity index (χ1) is 12.1. The molecule has 2 aromatic carbocycles. The van der Waals surface area contributed by atoms with Crippen LogP contribution in [-0.2, 0) is 4.74 Å². The molecule has 3 rings (SSSR count). The highest BCUT2D eigenvalue weighted by molar-refractivity contribution is 6.30. The molecule has 0 aromatic heterocycles. The van der Waals surface area contributed by atoms with Crippen molar-refractivity contribution >= 4 is 29.3 Å². The van der Waals surface area contributed by atoms with Crippen LogP contribution in [0.25, 0.3) is 0 Å². The summed E-state index contributed by atoms with van der Waals surface area (Å²) < 4.78 is 10.4. The van der Waals surface area contributed by atoms with Crippen molar-refractivity contribution in [1.29, 1.82) is 0 Å². The van der Waals surface area contributed by atoms with E-state index >= 15 is 0 Å². The van der Waals surface area contributed by atoms with Crippen LogP contribution in [0.1, 0.15) is 10.4 Å². The smallest absolute Gasteiger partial charge is 0.414 e. The predicted molar refractivity (Wildman–Crippen MR) is 94.4 cm³/mol. The Bertz CT molecular complexity index is 779. The van der Waals surface area contributed by atoms with E-state index in [0.29, 0.717) is 22.9 Å². The number of hydrogen-bond donors (Lipinski definition) is 1. The fraction of sp³-hybridized carbons (Fsp3) is 0.222. The molecule has 1 aliphatic rings. The molecule has 0 spiro atoms. The maximum absolute atomic E-state index is 12.1. The average Bonchev–Trinajstić information content (AvgIpc) is 3.00. The summed E-state index contributed by atoms with van der Waals surface area (Å²) in [6.45, 7) is 0.588. The van der Waals surface area contributed by atoms with Crippen LogP contribution in [0.3, 0.4) is 0 Å². The minimum absolute atomic E-state index is 0.226. The van der Waals surface area contributed by atoms with Crippen LogP contribution >= 0.6 is 11.6 Å². The topological polar surface area (TPSA) is 67.9 Å². The van der Waals surface area contributed by atoms with Gasteiger partial charge < -0.3 is 14.8 Å². The van der Waals surface area contributed by atoms with Crippen molar-refractivity contribution in [3.8, 4) is 5.75 Å². The average molecular weight is 361 g/mol. The van der Waals surface area contributed by atoms with Crippen molar-refractivity contribution in [3.05, 3.63) is 59.1 Å². The number of halogens is 1. The highest BCUT2D eigenvalue weighted by Crippen LogP contribution is 2.24. The lowest BCUT2D eigenvalue weighted by Crippen LogP contribution is -2.34. The van der Waals surface area contributed by atoms with Gasteiger partial charge >= 0.3 is 6.09 Å². The van der Waals surface area contributed by atoms with Gasteiger partial charge in [0.15, 0.2) is 0 Å². The second kappa shape index (κ2) is 7.44. The molecule has 0 bridgehead atoms. The normalized spacial score (nSPS) is 16.5. The van der Waals surface area contributed by atoms with Crippen LogP contribution in [0.15, 0.2) is 48.5 Å². The van der Waals surface area contributed by atoms with Gasteiger partial charge in [-0.3, -0.25) is 9.69 Å². The Labute approximate surface area is 150 Å². The Morgan fingerprint density at radius 3 is 2.76 bits per heavy atom. The van der Waals surface area contributed by atoms with Crippen molar-refractivity contribution in [1.82, 2.24) is 5.32 Å². The zero-order valence-corrected chi connectivity index (χ0v) is 14.3. The molecule has 1 unspecified atom stereocenters. The summed E-state index contributed by atoms with van der Waals surface area (Å²) in [6, 6.07) is 13.8. The first-order valence-corrected chi connectivity index (χ1v) is 8.10. The number of anilines is 1.